The molecule has 26 heavy (non-hydrogen) atoms. The van der Waals surface area contributed by atoms with E-state index in [4.69, 9.17) is 0 Å². The van der Waals surface area contributed by atoms with E-state index >= 15 is 0 Å². The van der Waals surface area contributed by atoms with Crippen LogP contribution in [0.5, 0.6) is 0 Å². The number of hydrogen-bond donors (Lipinski definition) is 0. The summed E-state index contributed by atoms with van der Waals surface area (Å²) in [4.78, 5) is 0. The summed E-state index contributed by atoms with van der Waals surface area (Å²) in [6, 6.07) is 30.8. The molecule has 0 radical (unpaired) electrons. The van der Waals surface area contributed by atoms with Gasteiger partial charge in [0.15, 0.2) is 12.4 Å². The molecule has 0 aliphatic carbocycles. The predicted octanol–water partition coefficient (Wildman–Crippen LogP) is 6.04. The van der Waals surface area contributed by atoms with Gasteiger partial charge in [-0.3, -0.25) is 0 Å². The lowest BCUT2D eigenvalue weighted by Gasteiger charge is -2.07. The molecule has 6 aromatic rings. The highest BCUT2D eigenvalue weighted by molar-refractivity contribution is 6.20. The Morgan fingerprint density at radius 2 is 1.12 bits per heavy atom. The molecule has 1 heteroatoms. The molecule has 2 heterocycles. The van der Waals surface area contributed by atoms with Gasteiger partial charge in [0.2, 0.25) is 5.52 Å². The second kappa shape index (κ2) is 5.03. The summed E-state index contributed by atoms with van der Waals surface area (Å²) in [5.74, 6) is 0. The van der Waals surface area contributed by atoms with Crippen molar-refractivity contribution >= 4 is 48.6 Å². The maximum absolute atomic E-state index is 2.33. The van der Waals surface area contributed by atoms with Crippen LogP contribution in [0.2, 0.25) is 0 Å². The van der Waals surface area contributed by atoms with Crippen molar-refractivity contribution in [3.63, 3.8) is 0 Å². The van der Waals surface area contributed by atoms with E-state index in [0.29, 0.717) is 0 Å². The molecule has 1 nitrogen and oxygen atoms in total. The van der Waals surface area contributed by atoms with Crippen molar-refractivity contribution in [2.24, 2.45) is 0 Å². The Morgan fingerprint density at radius 1 is 0.462 bits per heavy atom. The summed E-state index contributed by atoms with van der Waals surface area (Å²) in [5.41, 5.74) is 1.28. The summed E-state index contributed by atoms with van der Waals surface area (Å²) in [6.45, 7) is 0. The van der Waals surface area contributed by atoms with Crippen LogP contribution >= 0.6 is 0 Å². The zero-order valence-corrected chi connectivity index (χ0v) is 14.2. The summed E-state index contributed by atoms with van der Waals surface area (Å²) in [7, 11) is 0. The van der Waals surface area contributed by atoms with Crippen molar-refractivity contribution in [3.8, 4) is 0 Å². The van der Waals surface area contributed by atoms with Crippen LogP contribution in [0, 0.1) is 0 Å². The van der Waals surface area contributed by atoms with Crippen LogP contribution in [0.15, 0.2) is 97.3 Å². The molecule has 0 saturated heterocycles. The first-order chi connectivity index (χ1) is 12.9. The zero-order valence-electron chi connectivity index (χ0n) is 14.2. The second-order valence-electron chi connectivity index (χ2n) is 6.92. The molecular weight excluding hydrogens is 314 g/mol. The molecule has 0 amide bonds. The van der Waals surface area contributed by atoms with E-state index in [0.717, 1.165) is 0 Å². The Hall–Kier alpha value is -3.45. The zero-order chi connectivity index (χ0) is 17.1. The van der Waals surface area contributed by atoms with E-state index in [9.17, 15) is 0 Å². The first-order valence-electron chi connectivity index (χ1n) is 8.95. The standard InChI is InChI=1S/C25H16N/c1-2-7-20-16-23-21(15-19(20)6-1)12-14-26-13-11-18-10-9-17-5-3-4-8-22(17)24(18)25(23)26/h1-16H/q+1. The fourth-order valence-electron chi connectivity index (χ4n) is 4.22. The maximum atomic E-state index is 2.33. The first-order valence-corrected chi connectivity index (χ1v) is 8.95. The van der Waals surface area contributed by atoms with Crippen LogP contribution in [-0.2, 0) is 0 Å². The minimum Gasteiger partial charge on any atom is -0.166 e. The van der Waals surface area contributed by atoms with Gasteiger partial charge in [-0.2, -0.15) is 4.40 Å². The highest BCUT2D eigenvalue weighted by Gasteiger charge is 2.15. The third-order valence-corrected chi connectivity index (χ3v) is 5.46. The lowest BCUT2D eigenvalue weighted by atomic mass is 9.98. The molecule has 6 rings (SSSR count). The molecule has 0 unspecified atom stereocenters. The molecule has 0 aliphatic rings. The minimum atomic E-state index is 1.28. The molecular formula is C25H16N+. The van der Waals surface area contributed by atoms with Gasteiger partial charge in [0.05, 0.1) is 10.8 Å². The topological polar surface area (TPSA) is 4.10 Å². The largest absolute Gasteiger partial charge is 0.226 e. The Balaban J connectivity index is 1.95. The van der Waals surface area contributed by atoms with Crippen LogP contribution in [-0.4, -0.2) is 0 Å². The van der Waals surface area contributed by atoms with E-state index < -0.39 is 0 Å². The third kappa shape index (κ3) is 1.83. The van der Waals surface area contributed by atoms with Gasteiger partial charge in [0, 0.05) is 12.1 Å². The number of nitrogens with zero attached hydrogens (tertiary/aromatic N) is 1. The van der Waals surface area contributed by atoms with Crippen LogP contribution in [0.1, 0.15) is 0 Å². The summed E-state index contributed by atoms with van der Waals surface area (Å²) in [6.07, 6.45) is 4.34. The Kier molecular flexibility index (Phi) is 2.67. The molecule has 120 valence electrons. The van der Waals surface area contributed by atoms with E-state index in [-0.39, 0.29) is 0 Å². The van der Waals surface area contributed by atoms with Crippen molar-refractivity contribution in [2.45, 2.75) is 0 Å². The normalized spacial score (nSPS) is 11.8. The first kappa shape index (κ1) is 13.8. The summed E-state index contributed by atoms with van der Waals surface area (Å²) < 4.78 is 2.26. The van der Waals surface area contributed by atoms with Crippen LogP contribution in [0.4, 0.5) is 0 Å². The number of pyridine rings is 2. The minimum absolute atomic E-state index is 1.28. The van der Waals surface area contributed by atoms with Gasteiger partial charge in [0.1, 0.15) is 0 Å². The van der Waals surface area contributed by atoms with Crippen molar-refractivity contribution in [2.75, 3.05) is 0 Å². The quantitative estimate of drug-likeness (QED) is 0.182. The molecule has 4 aromatic carbocycles. The van der Waals surface area contributed by atoms with E-state index in [1.165, 1.54) is 48.6 Å². The average molecular weight is 330 g/mol. The molecule has 0 N–H and O–H groups in total. The number of aromatic nitrogens is 1. The third-order valence-electron chi connectivity index (χ3n) is 5.46. The number of hydrogen-bond acceptors (Lipinski definition) is 0. The summed E-state index contributed by atoms with van der Waals surface area (Å²) >= 11 is 0. The Morgan fingerprint density at radius 3 is 1.96 bits per heavy atom. The Labute approximate surface area is 150 Å². The van der Waals surface area contributed by atoms with Gasteiger partial charge in [0.25, 0.3) is 0 Å². The van der Waals surface area contributed by atoms with E-state index in [2.05, 4.69) is 102 Å². The molecule has 0 atom stereocenters. The van der Waals surface area contributed by atoms with E-state index in [1.807, 2.05) is 0 Å². The second-order valence-corrected chi connectivity index (χ2v) is 6.92. The van der Waals surface area contributed by atoms with Gasteiger partial charge >= 0.3 is 0 Å². The van der Waals surface area contributed by atoms with Gasteiger partial charge in [-0.15, -0.1) is 0 Å². The smallest absolute Gasteiger partial charge is 0.166 e. The number of benzene rings is 4. The molecule has 0 fully saturated rings. The average Bonchev–Trinajstić information content (AvgIpc) is 2.71. The highest BCUT2D eigenvalue weighted by atomic mass is 14.8. The highest BCUT2D eigenvalue weighted by Crippen LogP contribution is 2.32. The van der Waals surface area contributed by atoms with Crippen molar-refractivity contribution in [1.82, 2.24) is 0 Å². The summed E-state index contributed by atoms with van der Waals surface area (Å²) in [5, 5.41) is 10.3. The van der Waals surface area contributed by atoms with Gasteiger partial charge in [-0.1, -0.05) is 60.7 Å². The fourth-order valence-corrected chi connectivity index (χ4v) is 4.22. The molecule has 0 saturated carbocycles. The van der Waals surface area contributed by atoms with Crippen molar-refractivity contribution in [3.05, 3.63) is 97.3 Å². The Bertz CT molecular complexity index is 1470. The molecule has 2 aromatic heterocycles. The van der Waals surface area contributed by atoms with Crippen molar-refractivity contribution < 1.29 is 4.40 Å². The maximum Gasteiger partial charge on any atom is 0.226 e. The lowest BCUT2D eigenvalue weighted by Crippen LogP contribution is -2.20. The molecule has 0 aliphatic heterocycles. The predicted molar refractivity (Wildman–Crippen MR) is 110 cm³/mol. The van der Waals surface area contributed by atoms with Crippen molar-refractivity contribution in [1.29, 1.82) is 0 Å². The van der Waals surface area contributed by atoms with E-state index in [1.54, 1.807) is 0 Å². The van der Waals surface area contributed by atoms with Gasteiger partial charge in [-0.05, 0) is 44.5 Å². The van der Waals surface area contributed by atoms with Crippen LogP contribution < -0.4 is 4.40 Å². The number of rotatable bonds is 0. The molecule has 0 bridgehead atoms. The SMILES string of the molecule is c1ccc2cc3c(cc[n+]4ccc5ccc6ccccc6c5c34)cc2c1. The monoisotopic (exact) mass is 330 g/mol. The fraction of sp³-hybridized carbons (Fsp3) is 0. The van der Waals surface area contributed by atoms with Crippen LogP contribution in [0.25, 0.3) is 48.6 Å². The number of fused-ring (bicyclic) bond motifs is 8. The van der Waals surface area contributed by atoms with Gasteiger partial charge in [-0.25, -0.2) is 0 Å². The molecule has 0 spiro atoms. The lowest BCUT2D eigenvalue weighted by molar-refractivity contribution is -0.509. The van der Waals surface area contributed by atoms with Gasteiger partial charge < -0.3 is 0 Å². The van der Waals surface area contributed by atoms with Crippen LogP contribution in [0.3, 0.4) is 0 Å².